The van der Waals surface area contributed by atoms with Crippen LogP contribution in [0.2, 0.25) is 10.0 Å². The molecule has 1 aliphatic carbocycles. The number of benzene rings is 1. The summed E-state index contributed by atoms with van der Waals surface area (Å²) in [5, 5.41) is 3.49. The molecule has 112 valence electrons. The van der Waals surface area contributed by atoms with Gasteiger partial charge in [-0.2, -0.15) is 0 Å². The molecule has 0 aromatic heterocycles. The Morgan fingerprint density at radius 1 is 1.14 bits per heavy atom. The van der Waals surface area contributed by atoms with Crippen molar-refractivity contribution in [2.24, 2.45) is 0 Å². The van der Waals surface area contributed by atoms with Crippen molar-refractivity contribution in [2.75, 3.05) is 11.4 Å². The van der Waals surface area contributed by atoms with Gasteiger partial charge in [-0.3, -0.25) is 14.5 Å². The Morgan fingerprint density at radius 3 is 2.48 bits per heavy atom. The van der Waals surface area contributed by atoms with Crippen molar-refractivity contribution in [2.45, 2.75) is 31.2 Å². The normalized spacial score (nSPS) is 21.0. The first-order chi connectivity index (χ1) is 9.94. The summed E-state index contributed by atoms with van der Waals surface area (Å²) in [6.07, 6.45) is 3.23. The second-order valence-corrected chi connectivity index (χ2v) is 7.03. The van der Waals surface area contributed by atoms with Crippen LogP contribution < -0.4 is 10.2 Å². The zero-order valence-electron chi connectivity index (χ0n) is 11.1. The highest BCUT2D eigenvalue weighted by Crippen LogP contribution is 2.41. The molecule has 4 nitrogen and oxygen atoms in total. The number of carbonyl (C=O) groups is 2. The van der Waals surface area contributed by atoms with E-state index in [1.54, 1.807) is 12.1 Å². The van der Waals surface area contributed by atoms with Crippen molar-refractivity contribution in [3.8, 4) is 0 Å². The van der Waals surface area contributed by atoms with Crippen molar-refractivity contribution in [1.82, 2.24) is 5.32 Å². The molecular formula is C14H13BrCl2N2O2. The molecule has 21 heavy (non-hydrogen) atoms. The van der Waals surface area contributed by atoms with Gasteiger partial charge < -0.3 is 5.32 Å². The molecule has 1 saturated heterocycles. The first kappa shape index (κ1) is 15.1. The summed E-state index contributed by atoms with van der Waals surface area (Å²) in [5.74, 6) is -0.258. The summed E-state index contributed by atoms with van der Waals surface area (Å²) in [6, 6.07) is 3.43. The minimum atomic E-state index is -0.766. The van der Waals surface area contributed by atoms with E-state index in [9.17, 15) is 9.59 Å². The molecule has 1 spiro atoms. The van der Waals surface area contributed by atoms with E-state index in [-0.39, 0.29) is 23.4 Å². The summed E-state index contributed by atoms with van der Waals surface area (Å²) in [5.41, 5.74) is -0.283. The van der Waals surface area contributed by atoms with Gasteiger partial charge in [-0.15, -0.1) is 0 Å². The van der Waals surface area contributed by atoms with Crippen molar-refractivity contribution >= 4 is 56.6 Å². The van der Waals surface area contributed by atoms with E-state index in [0.717, 1.165) is 12.8 Å². The summed E-state index contributed by atoms with van der Waals surface area (Å²) in [7, 11) is 0. The lowest BCUT2D eigenvalue weighted by Crippen LogP contribution is -2.65. The van der Waals surface area contributed by atoms with Gasteiger partial charge in [-0.25, -0.2) is 0 Å². The fourth-order valence-electron chi connectivity index (χ4n) is 3.07. The maximum absolute atomic E-state index is 12.8. The number of halogens is 3. The molecule has 7 heteroatoms. The van der Waals surface area contributed by atoms with E-state index >= 15 is 0 Å². The molecule has 2 aliphatic rings. The molecule has 0 radical (unpaired) electrons. The minimum absolute atomic E-state index is 0.0295. The second kappa shape index (κ2) is 5.45. The van der Waals surface area contributed by atoms with Crippen molar-refractivity contribution in [3.63, 3.8) is 0 Å². The lowest BCUT2D eigenvalue weighted by molar-refractivity contribution is -0.135. The second-order valence-electron chi connectivity index (χ2n) is 5.42. The smallest absolute Gasteiger partial charge is 0.253 e. The number of hydrogen-bond donors (Lipinski definition) is 1. The molecule has 3 rings (SSSR count). The first-order valence-corrected chi connectivity index (χ1v) is 8.26. The van der Waals surface area contributed by atoms with Crippen molar-refractivity contribution in [3.05, 3.63) is 26.7 Å². The van der Waals surface area contributed by atoms with Gasteiger partial charge in [0.2, 0.25) is 5.91 Å². The highest BCUT2D eigenvalue weighted by atomic mass is 79.9. The fraction of sp³-hybridized carbons (Fsp3) is 0.429. The topological polar surface area (TPSA) is 49.4 Å². The molecule has 0 bridgehead atoms. The number of nitrogens with one attached hydrogen (secondary N) is 1. The molecule has 0 unspecified atom stereocenters. The zero-order chi connectivity index (χ0) is 15.2. The molecule has 1 N–H and O–H groups in total. The quantitative estimate of drug-likeness (QED) is 0.744. The fourth-order valence-corrected chi connectivity index (χ4v) is 3.94. The Labute approximate surface area is 140 Å². The monoisotopic (exact) mass is 390 g/mol. The average molecular weight is 392 g/mol. The third-order valence-corrected chi connectivity index (χ3v) is 5.86. The van der Waals surface area contributed by atoms with E-state index in [0.29, 0.717) is 28.0 Å². The van der Waals surface area contributed by atoms with Crippen LogP contribution in [0.15, 0.2) is 16.6 Å². The number of amides is 2. The van der Waals surface area contributed by atoms with Gasteiger partial charge in [0, 0.05) is 4.47 Å². The number of carbonyl (C=O) groups excluding carboxylic acids is 2. The van der Waals surface area contributed by atoms with Crippen LogP contribution in [-0.2, 0) is 9.59 Å². The number of anilines is 1. The molecular weight excluding hydrogens is 379 g/mol. The molecule has 1 saturated carbocycles. The van der Waals surface area contributed by atoms with Crippen molar-refractivity contribution in [1.29, 1.82) is 0 Å². The number of nitrogens with zero attached hydrogens (tertiary/aromatic N) is 1. The Morgan fingerprint density at radius 2 is 1.81 bits per heavy atom. The SMILES string of the molecule is O=C1CN(c2ccc(Br)c(Cl)c2Cl)C(=O)C2(CCCC2)N1. The summed E-state index contributed by atoms with van der Waals surface area (Å²) in [4.78, 5) is 26.3. The summed E-state index contributed by atoms with van der Waals surface area (Å²) < 4.78 is 0.655. The van der Waals surface area contributed by atoms with Crippen LogP contribution in [0.5, 0.6) is 0 Å². The molecule has 1 aromatic rings. The van der Waals surface area contributed by atoms with Crippen LogP contribution in [0.4, 0.5) is 5.69 Å². The molecule has 1 aromatic carbocycles. The predicted molar refractivity (Wildman–Crippen MR) is 85.9 cm³/mol. The van der Waals surface area contributed by atoms with Gasteiger partial charge in [-0.05, 0) is 40.9 Å². The van der Waals surface area contributed by atoms with E-state index in [1.165, 1.54) is 4.90 Å². The van der Waals surface area contributed by atoms with Gasteiger partial charge in [0.1, 0.15) is 12.1 Å². The minimum Gasteiger partial charge on any atom is -0.340 e. The van der Waals surface area contributed by atoms with Gasteiger partial charge >= 0.3 is 0 Å². The maximum Gasteiger partial charge on any atom is 0.253 e. The standard InChI is InChI=1S/C14H13BrCl2N2O2/c15-8-3-4-9(12(17)11(8)16)19-7-10(20)18-14(13(19)21)5-1-2-6-14/h3-4H,1-2,5-7H2,(H,18,20). The van der Waals surface area contributed by atoms with Crippen molar-refractivity contribution < 1.29 is 9.59 Å². The van der Waals surface area contributed by atoms with Gasteiger partial charge in [-0.1, -0.05) is 36.0 Å². The van der Waals surface area contributed by atoms with E-state index in [2.05, 4.69) is 21.2 Å². The maximum atomic E-state index is 12.8. The highest BCUT2D eigenvalue weighted by molar-refractivity contribution is 9.10. The van der Waals surface area contributed by atoms with Crippen LogP contribution in [0.1, 0.15) is 25.7 Å². The molecule has 1 heterocycles. The number of rotatable bonds is 1. The van der Waals surface area contributed by atoms with Gasteiger partial charge in [0.15, 0.2) is 0 Å². The van der Waals surface area contributed by atoms with E-state index < -0.39 is 5.54 Å². The van der Waals surface area contributed by atoms with Crippen LogP contribution in [0.25, 0.3) is 0 Å². The number of piperazine rings is 1. The first-order valence-electron chi connectivity index (χ1n) is 6.71. The predicted octanol–water partition coefficient (Wildman–Crippen LogP) is 3.53. The van der Waals surface area contributed by atoms with Crippen LogP contribution >= 0.6 is 39.1 Å². The van der Waals surface area contributed by atoms with Gasteiger partial charge in [0.05, 0.1) is 15.7 Å². The Bertz CT molecular complexity index is 630. The Kier molecular flexibility index (Phi) is 3.93. The number of hydrogen-bond acceptors (Lipinski definition) is 2. The lowest BCUT2D eigenvalue weighted by Gasteiger charge is -2.40. The lowest BCUT2D eigenvalue weighted by atomic mass is 9.92. The average Bonchev–Trinajstić information content (AvgIpc) is 2.90. The Balaban J connectivity index is 2.03. The molecule has 2 amide bonds. The summed E-state index contributed by atoms with van der Waals surface area (Å²) >= 11 is 15.7. The molecule has 2 fully saturated rings. The largest absolute Gasteiger partial charge is 0.340 e. The van der Waals surface area contributed by atoms with Crippen LogP contribution in [0.3, 0.4) is 0 Å². The molecule has 0 atom stereocenters. The van der Waals surface area contributed by atoms with Crippen LogP contribution in [0, 0.1) is 0 Å². The van der Waals surface area contributed by atoms with E-state index in [4.69, 9.17) is 23.2 Å². The zero-order valence-corrected chi connectivity index (χ0v) is 14.2. The summed E-state index contributed by atoms with van der Waals surface area (Å²) in [6.45, 7) is -0.0295. The van der Waals surface area contributed by atoms with Crippen LogP contribution in [-0.4, -0.2) is 23.9 Å². The molecule has 1 aliphatic heterocycles. The third-order valence-electron chi connectivity index (χ3n) is 4.10. The van der Waals surface area contributed by atoms with E-state index in [1.807, 2.05) is 0 Å². The third kappa shape index (κ3) is 2.45. The highest BCUT2D eigenvalue weighted by Gasteiger charge is 2.49. The Hall–Kier alpha value is -0.780. The van der Waals surface area contributed by atoms with Gasteiger partial charge in [0.25, 0.3) is 5.91 Å².